The van der Waals surface area contributed by atoms with Crippen molar-refractivity contribution in [2.45, 2.75) is 50.4 Å². The van der Waals surface area contributed by atoms with Crippen LogP contribution < -0.4 is 24.8 Å². The van der Waals surface area contributed by atoms with E-state index in [-0.39, 0.29) is 42.3 Å². The van der Waals surface area contributed by atoms with E-state index in [9.17, 15) is 22.8 Å². The minimum Gasteiger partial charge on any atom is -0.497 e. The number of rotatable bonds is 13. The van der Waals surface area contributed by atoms with Gasteiger partial charge in [-0.25, -0.2) is 9.97 Å². The lowest BCUT2D eigenvalue weighted by Crippen LogP contribution is -2.41. The molecule has 2 N–H and O–H groups in total. The molecule has 288 valence electrons. The Morgan fingerprint density at radius 1 is 0.964 bits per heavy atom. The van der Waals surface area contributed by atoms with Crippen LogP contribution in [0.1, 0.15) is 58.9 Å². The summed E-state index contributed by atoms with van der Waals surface area (Å²) in [4.78, 5) is 38.2. The molecular formula is C40H41F3N6O6. The van der Waals surface area contributed by atoms with Crippen molar-refractivity contribution in [2.75, 3.05) is 51.7 Å². The van der Waals surface area contributed by atoms with Gasteiger partial charge in [0.05, 0.1) is 26.4 Å². The maximum atomic E-state index is 13.4. The van der Waals surface area contributed by atoms with Gasteiger partial charge in [0.25, 0.3) is 5.91 Å². The number of nitrogens with zero attached hydrogens (tertiary/aromatic N) is 4. The molecule has 2 amide bonds. The lowest BCUT2D eigenvalue weighted by Gasteiger charge is -2.34. The number of alkyl halides is 3. The van der Waals surface area contributed by atoms with E-state index in [0.29, 0.717) is 59.4 Å². The molecular weight excluding hydrogens is 717 g/mol. The highest BCUT2D eigenvalue weighted by molar-refractivity contribution is 6.05. The normalized spacial score (nSPS) is 16.9. The van der Waals surface area contributed by atoms with E-state index in [4.69, 9.17) is 28.9 Å². The molecule has 15 heteroatoms. The molecule has 5 aromatic rings. The Bertz CT molecular complexity index is 2210. The first kappa shape index (κ1) is 37.5. The number of nitrogens with one attached hydrogen (secondary N) is 2. The summed E-state index contributed by atoms with van der Waals surface area (Å²) in [6, 6.07) is 15.1. The second-order valence-electron chi connectivity index (χ2n) is 13.4. The average molecular weight is 759 g/mol. The van der Waals surface area contributed by atoms with Crippen LogP contribution >= 0.6 is 0 Å². The number of aromatic nitrogens is 3. The number of amides is 2. The minimum absolute atomic E-state index is 0.00280. The minimum atomic E-state index is -4.57. The maximum Gasteiger partial charge on any atom is 0.416 e. The molecule has 4 heterocycles. The zero-order valence-electron chi connectivity index (χ0n) is 30.6. The highest BCUT2D eigenvalue weighted by atomic mass is 19.4. The standard InChI is InChI=1S/C40H41F3N6O6/c1-52-17-18-55-33-19-24(39(51)46-28-6-4-5-27(20-28)40(41,42)43)9-13-31(33)35-36-37(45-22-25-8-12-30(53-2)21-32(25)54-3)44-15-16-48(36)38(47-35)26-7-10-29-11-14-34(50)49(29)23-26/h4-6,8-9,12-13,15-16,19-21,26,29H,7,10-11,14,17-18,22-23H2,1-3H3,(H,44,45)(H,46,51)/t26-,29+/m1/s1. The number of carbonyl (C=O) groups excluding carboxylic acids is 2. The average Bonchev–Trinajstić information content (AvgIpc) is 3.77. The van der Waals surface area contributed by atoms with Crippen molar-refractivity contribution in [2.24, 2.45) is 0 Å². The fraction of sp³-hybridized carbons (Fsp3) is 0.350. The number of methoxy groups -OCH3 is 3. The summed E-state index contributed by atoms with van der Waals surface area (Å²) in [5.41, 5.74) is 1.87. The number of halogens is 3. The number of piperidine rings is 1. The third kappa shape index (κ3) is 7.88. The summed E-state index contributed by atoms with van der Waals surface area (Å²) in [5, 5.41) is 6.04. The molecule has 2 aliphatic heterocycles. The number of anilines is 2. The van der Waals surface area contributed by atoms with Crippen LogP contribution in [0.25, 0.3) is 16.8 Å². The van der Waals surface area contributed by atoms with Crippen LogP contribution in [-0.4, -0.2) is 78.2 Å². The second kappa shape index (κ2) is 15.9. The van der Waals surface area contributed by atoms with Gasteiger partial charge in [-0.3, -0.25) is 14.0 Å². The van der Waals surface area contributed by atoms with Crippen LogP contribution in [0.5, 0.6) is 17.2 Å². The molecule has 7 rings (SSSR count). The summed E-state index contributed by atoms with van der Waals surface area (Å²) < 4.78 is 64.6. The Morgan fingerprint density at radius 3 is 2.60 bits per heavy atom. The van der Waals surface area contributed by atoms with Gasteiger partial charge in [0.15, 0.2) is 5.82 Å². The molecule has 3 aromatic carbocycles. The first-order valence-electron chi connectivity index (χ1n) is 17.9. The van der Waals surface area contributed by atoms with Gasteiger partial charge in [-0.05, 0) is 67.8 Å². The SMILES string of the molecule is COCCOc1cc(C(=O)Nc2cccc(C(F)(F)F)c2)ccc1-c1nc([C@@H]2CC[C@H]3CCC(=O)N3C2)n2ccnc(NCc3ccc(OC)cc3OC)c12. The number of hydrogen-bond donors (Lipinski definition) is 2. The van der Waals surface area contributed by atoms with Crippen molar-refractivity contribution >= 4 is 28.8 Å². The Kier molecular flexibility index (Phi) is 10.8. The van der Waals surface area contributed by atoms with E-state index in [1.54, 1.807) is 51.8 Å². The van der Waals surface area contributed by atoms with Gasteiger partial charge in [-0.2, -0.15) is 13.2 Å². The Balaban J connectivity index is 1.30. The summed E-state index contributed by atoms with van der Waals surface area (Å²) >= 11 is 0. The van der Waals surface area contributed by atoms with Crippen molar-refractivity contribution in [3.8, 4) is 28.5 Å². The van der Waals surface area contributed by atoms with E-state index >= 15 is 0 Å². The number of benzene rings is 3. The van der Waals surface area contributed by atoms with E-state index in [1.807, 2.05) is 27.6 Å². The number of hydrogen-bond acceptors (Lipinski definition) is 9. The molecule has 0 unspecified atom stereocenters. The van der Waals surface area contributed by atoms with Crippen LogP contribution in [0.3, 0.4) is 0 Å². The monoisotopic (exact) mass is 758 g/mol. The van der Waals surface area contributed by atoms with Gasteiger partial charge in [0, 0.05) is 79.4 Å². The summed E-state index contributed by atoms with van der Waals surface area (Å²) in [7, 11) is 4.72. The zero-order valence-corrected chi connectivity index (χ0v) is 30.6. The molecule has 0 radical (unpaired) electrons. The smallest absolute Gasteiger partial charge is 0.416 e. The summed E-state index contributed by atoms with van der Waals surface area (Å²) in [6.07, 6.45) is 2.10. The predicted octanol–water partition coefficient (Wildman–Crippen LogP) is 7.19. The van der Waals surface area contributed by atoms with Crippen molar-refractivity contribution in [3.05, 3.63) is 95.6 Å². The van der Waals surface area contributed by atoms with Crippen LogP contribution in [0.4, 0.5) is 24.7 Å². The molecule has 2 aliphatic rings. The van der Waals surface area contributed by atoms with E-state index in [0.717, 1.165) is 42.8 Å². The van der Waals surface area contributed by atoms with Gasteiger partial charge in [-0.1, -0.05) is 6.07 Å². The third-order valence-electron chi connectivity index (χ3n) is 10.1. The lowest BCUT2D eigenvalue weighted by atomic mass is 9.92. The molecule has 0 spiro atoms. The van der Waals surface area contributed by atoms with Crippen molar-refractivity contribution in [1.82, 2.24) is 19.3 Å². The zero-order chi connectivity index (χ0) is 38.7. The molecule has 0 saturated carbocycles. The van der Waals surface area contributed by atoms with Crippen LogP contribution in [0.2, 0.25) is 0 Å². The van der Waals surface area contributed by atoms with E-state index < -0.39 is 17.6 Å². The maximum absolute atomic E-state index is 13.4. The first-order chi connectivity index (χ1) is 26.6. The molecule has 0 bridgehead atoms. The Hall–Kier alpha value is -5.83. The van der Waals surface area contributed by atoms with Crippen molar-refractivity contribution < 1.29 is 41.7 Å². The third-order valence-corrected chi connectivity index (χ3v) is 10.1. The van der Waals surface area contributed by atoms with Gasteiger partial charge < -0.3 is 34.5 Å². The first-order valence-corrected chi connectivity index (χ1v) is 17.9. The molecule has 2 aromatic heterocycles. The molecule has 0 aliphatic carbocycles. The largest absolute Gasteiger partial charge is 0.497 e. The topological polar surface area (TPSA) is 129 Å². The quantitative estimate of drug-likeness (QED) is 0.120. The van der Waals surface area contributed by atoms with Crippen LogP contribution in [-0.2, 0) is 22.3 Å². The summed E-state index contributed by atoms with van der Waals surface area (Å²) in [6.45, 7) is 1.28. The van der Waals surface area contributed by atoms with Crippen LogP contribution in [0.15, 0.2) is 73.1 Å². The molecule has 2 saturated heterocycles. The van der Waals surface area contributed by atoms with Gasteiger partial charge in [-0.15, -0.1) is 0 Å². The number of fused-ring (bicyclic) bond motifs is 2. The fourth-order valence-corrected chi connectivity index (χ4v) is 7.31. The molecule has 12 nitrogen and oxygen atoms in total. The highest BCUT2D eigenvalue weighted by Gasteiger charge is 2.38. The van der Waals surface area contributed by atoms with Crippen molar-refractivity contribution in [1.29, 1.82) is 0 Å². The lowest BCUT2D eigenvalue weighted by molar-refractivity contribution is -0.137. The van der Waals surface area contributed by atoms with Gasteiger partial charge in [0.1, 0.15) is 40.9 Å². The number of ether oxygens (including phenoxy) is 4. The van der Waals surface area contributed by atoms with Gasteiger partial charge in [0.2, 0.25) is 5.91 Å². The predicted molar refractivity (Wildman–Crippen MR) is 199 cm³/mol. The molecule has 2 fully saturated rings. The second-order valence-corrected chi connectivity index (χ2v) is 13.4. The number of carbonyl (C=O) groups is 2. The van der Waals surface area contributed by atoms with E-state index in [1.165, 1.54) is 12.1 Å². The highest BCUT2D eigenvalue weighted by Crippen LogP contribution is 2.41. The fourth-order valence-electron chi connectivity index (χ4n) is 7.31. The van der Waals surface area contributed by atoms with Gasteiger partial charge >= 0.3 is 6.18 Å². The van der Waals surface area contributed by atoms with Crippen molar-refractivity contribution in [3.63, 3.8) is 0 Å². The summed E-state index contributed by atoms with van der Waals surface area (Å²) in [5.74, 6) is 2.34. The number of imidazole rings is 1. The Morgan fingerprint density at radius 2 is 1.82 bits per heavy atom. The molecule has 55 heavy (non-hydrogen) atoms. The molecule has 2 atom stereocenters. The van der Waals surface area contributed by atoms with Crippen LogP contribution in [0, 0.1) is 0 Å². The van der Waals surface area contributed by atoms with E-state index in [2.05, 4.69) is 10.6 Å². The Labute approximate surface area is 315 Å².